The van der Waals surface area contributed by atoms with Crippen LogP contribution in [0.15, 0.2) is 0 Å². The Hall–Kier alpha value is -3.21. The van der Waals surface area contributed by atoms with Crippen molar-refractivity contribution in [1.82, 2.24) is 26.6 Å². The predicted octanol–water partition coefficient (Wildman–Crippen LogP) is 7.25. The third kappa shape index (κ3) is 43.4. The molecule has 0 fully saturated rings. The van der Waals surface area contributed by atoms with Gasteiger partial charge in [-0.1, -0.05) is 96.8 Å². The minimum atomic E-state index is -0.879. The molecule has 0 aliphatic heterocycles. The molecule has 5 N–H and O–H groups in total. The predicted molar refractivity (Wildman–Crippen MR) is 243 cm³/mol. The Morgan fingerprint density at radius 1 is 0.419 bits per heavy atom. The maximum absolute atomic E-state index is 12.8. The molecule has 0 saturated carbocycles. The van der Waals surface area contributed by atoms with Gasteiger partial charge in [0.05, 0.1) is 52.9 Å². The molecule has 0 saturated heterocycles. The Morgan fingerprint density at radius 3 is 1.29 bits per heavy atom. The van der Waals surface area contributed by atoms with Crippen molar-refractivity contribution >= 4 is 29.9 Å². The van der Waals surface area contributed by atoms with Crippen LogP contribution >= 0.6 is 0 Å². The van der Waals surface area contributed by atoms with Gasteiger partial charge in [0.1, 0.15) is 17.2 Å². The molecule has 0 heterocycles. The first-order valence-electron chi connectivity index (χ1n) is 23.7. The summed E-state index contributed by atoms with van der Waals surface area (Å²) in [4.78, 5) is 61.2. The number of unbranched alkanes of at least 4 members (excludes halogenated alkanes) is 14. The second kappa shape index (κ2) is 39.4. The lowest BCUT2D eigenvalue weighted by Gasteiger charge is -2.23. The van der Waals surface area contributed by atoms with E-state index in [1.54, 1.807) is 41.5 Å². The summed E-state index contributed by atoms with van der Waals surface area (Å²) < 4.78 is 32.5. The fourth-order valence-corrected chi connectivity index (χ4v) is 6.07. The Bertz CT molecular complexity index is 1150. The van der Waals surface area contributed by atoms with Gasteiger partial charge in [-0.15, -0.1) is 0 Å². The Labute approximate surface area is 374 Å². The molecule has 0 aromatic carbocycles. The van der Waals surface area contributed by atoms with E-state index in [0.29, 0.717) is 52.4 Å². The van der Waals surface area contributed by atoms with Gasteiger partial charge in [0.15, 0.2) is 0 Å². The second-order valence-corrected chi connectivity index (χ2v) is 17.7. The topological polar surface area (TPSA) is 201 Å². The highest BCUT2D eigenvalue weighted by Gasteiger charge is 2.24. The Kier molecular flexibility index (Phi) is 37.3. The maximum atomic E-state index is 12.8. The molecule has 0 unspecified atom stereocenters. The summed E-state index contributed by atoms with van der Waals surface area (Å²) in [6.45, 7) is 16.7. The fraction of sp³-hybridized carbons (Fsp3) is 0.891. The summed E-state index contributed by atoms with van der Waals surface area (Å²) in [5.74, 6) is -0.478. The standard InChI is InChI=1S/C46H89N5O11/c1-8-9-10-11-12-13-14-15-16-17-18-19-20-21-22-25-40(52)47-28-32-58-37-38-59-33-29-48-41(53)26-31-57-35-36-60-34-30-49-42(54)39(51-44(56)62-46(5,6)7)24-23-27-50-43(55)61-45(2,3)4/h39H,8-38H2,1-7H3,(H,47,52)(H,48,53)(H,49,54)(H,50,55)(H,51,56)/t39-/m0/s1. The van der Waals surface area contributed by atoms with Crippen LogP contribution in [0.3, 0.4) is 0 Å². The number of hydrogen-bond acceptors (Lipinski definition) is 11. The van der Waals surface area contributed by atoms with Gasteiger partial charge < -0.3 is 55.0 Å². The number of rotatable bonds is 40. The number of carbonyl (C=O) groups is 5. The molecule has 0 bridgehead atoms. The third-order valence-corrected chi connectivity index (χ3v) is 9.25. The monoisotopic (exact) mass is 888 g/mol. The van der Waals surface area contributed by atoms with Crippen molar-refractivity contribution < 1.29 is 52.4 Å². The number of nitrogens with one attached hydrogen (secondary N) is 5. The first kappa shape index (κ1) is 58.8. The molecular weight excluding hydrogens is 799 g/mol. The second-order valence-electron chi connectivity index (χ2n) is 17.7. The zero-order valence-electron chi connectivity index (χ0n) is 40.0. The molecule has 1 atom stereocenters. The van der Waals surface area contributed by atoms with E-state index in [0.717, 1.165) is 12.8 Å². The normalized spacial score (nSPS) is 12.0. The lowest BCUT2D eigenvalue weighted by Crippen LogP contribution is -2.49. The minimum absolute atomic E-state index is 0.0788. The van der Waals surface area contributed by atoms with E-state index in [9.17, 15) is 24.0 Å². The van der Waals surface area contributed by atoms with Gasteiger partial charge in [-0.3, -0.25) is 14.4 Å². The molecule has 0 rings (SSSR count). The van der Waals surface area contributed by atoms with Crippen LogP contribution in [0.1, 0.15) is 170 Å². The molecule has 0 aliphatic rings. The zero-order valence-corrected chi connectivity index (χ0v) is 40.0. The van der Waals surface area contributed by atoms with E-state index in [1.807, 2.05) is 0 Å². The molecular formula is C46H89N5O11. The van der Waals surface area contributed by atoms with E-state index in [1.165, 1.54) is 83.5 Å². The third-order valence-electron chi connectivity index (χ3n) is 9.25. The first-order valence-corrected chi connectivity index (χ1v) is 23.7. The van der Waals surface area contributed by atoms with Crippen molar-refractivity contribution in [2.24, 2.45) is 0 Å². The number of amides is 5. The summed E-state index contributed by atoms with van der Waals surface area (Å²) in [6.07, 6.45) is 19.8. The van der Waals surface area contributed by atoms with Crippen molar-refractivity contribution in [3.8, 4) is 0 Å². The number of carbonyl (C=O) groups excluding carboxylic acids is 5. The molecule has 62 heavy (non-hydrogen) atoms. The molecule has 0 aromatic rings. The summed E-state index contributed by atoms with van der Waals surface area (Å²) in [6, 6.07) is -0.879. The van der Waals surface area contributed by atoms with Gasteiger partial charge in [0, 0.05) is 39.0 Å². The maximum Gasteiger partial charge on any atom is 0.408 e. The summed E-state index contributed by atoms with van der Waals surface area (Å²) in [5.41, 5.74) is -1.36. The largest absolute Gasteiger partial charge is 0.444 e. The van der Waals surface area contributed by atoms with Crippen LogP contribution in [0.5, 0.6) is 0 Å². The van der Waals surface area contributed by atoms with Gasteiger partial charge in [-0.05, 0) is 60.8 Å². The van der Waals surface area contributed by atoms with E-state index < -0.39 is 35.3 Å². The van der Waals surface area contributed by atoms with Crippen molar-refractivity contribution in [2.45, 2.75) is 188 Å². The van der Waals surface area contributed by atoms with E-state index >= 15 is 0 Å². The average Bonchev–Trinajstić information content (AvgIpc) is 3.19. The SMILES string of the molecule is CCCCCCCCCCCCCCCCCC(=O)NCCOCCOCCNC(=O)CCOCCOCCNC(=O)[C@H](CCCNC(=O)OC(C)(C)C)NC(=O)OC(C)(C)C. The molecule has 16 heteroatoms. The molecule has 0 radical (unpaired) electrons. The summed E-state index contributed by atoms with van der Waals surface area (Å²) in [5, 5.41) is 13.7. The van der Waals surface area contributed by atoms with Crippen molar-refractivity contribution in [1.29, 1.82) is 0 Å². The highest BCUT2D eigenvalue weighted by molar-refractivity contribution is 5.85. The van der Waals surface area contributed by atoms with Crippen molar-refractivity contribution in [3.63, 3.8) is 0 Å². The average molecular weight is 888 g/mol. The fourth-order valence-electron chi connectivity index (χ4n) is 6.07. The van der Waals surface area contributed by atoms with E-state index in [4.69, 9.17) is 28.4 Å². The van der Waals surface area contributed by atoms with E-state index in [2.05, 4.69) is 33.5 Å². The van der Waals surface area contributed by atoms with Crippen LogP contribution < -0.4 is 26.6 Å². The van der Waals surface area contributed by atoms with Crippen LogP contribution in [0.2, 0.25) is 0 Å². The van der Waals surface area contributed by atoms with Gasteiger partial charge in [-0.2, -0.15) is 0 Å². The highest BCUT2D eigenvalue weighted by Crippen LogP contribution is 2.14. The van der Waals surface area contributed by atoms with E-state index in [-0.39, 0.29) is 64.2 Å². The highest BCUT2D eigenvalue weighted by atomic mass is 16.6. The lowest BCUT2D eigenvalue weighted by molar-refractivity contribution is -0.123. The quantitative estimate of drug-likeness (QED) is 0.0388. The summed E-state index contributed by atoms with van der Waals surface area (Å²) >= 11 is 0. The Morgan fingerprint density at radius 2 is 0.823 bits per heavy atom. The molecule has 5 amide bonds. The van der Waals surface area contributed by atoms with Crippen molar-refractivity contribution in [2.75, 3.05) is 79.0 Å². The van der Waals surface area contributed by atoms with Crippen molar-refractivity contribution in [3.05, 3.63) is 0 Å². The van der Waals surface area contributed by atoms with Crippen LogP contribution in [-0.2, 0) is 42.8 Å². The van der Waals surface area contributed by atoms with Gasteiger partial charge in [0.2, 0.25) is 17.7 Å². The first-order chi connectivity index (χ1) is 29.6. The molecule has 364 valence electrons. The molecule has 16 nitrogen and oxygen atoms in total. The summed E-state index contributed by atoms with van der Waals surface area (Å²) in [7, 11) is 0. The molecule has 0 spiro atoms. The minimum Gasteiger partial charge on any atom is -0.444 e. The van der Waals surface area contributed by atoms with Gasteiger partial charge in [-0.25, -0.2) is 9.59 Å². The zero-order chi connectivity index (χ0) is 46.2. The number of hydrogen-bond donors (Lipinski definition) is 5. The smallest absolute Gasteiger partial charge is 0.408 e. The number of ether oxygens (including phenoxy) is 6. The van der Waals surface area contributed by atoms with Crippen LogP contribution in [0, 0.1) is 0 Å². The van der Waals surface area contributed by atoms with Crippen LogP contribution in [0.25, 0.3) is 0 Å². The Balaban J connectivity index is 3.74. The van der Waals surface area contributed by atoms with Crippen LogP contribution in [0.4, 0.5) is 9.59 Å². The van der Waals surface area contributed by atoms with Gasteiger partial charge in [0.25, 0.3) is 0 Å². The lowest BCUT2D eigenvalue weighted by atomic mass is 10.0. The molecule has 0 aliphatic carbocycles. The molecule has 0 aromatic heterocycles. The number of alkyl carbamates (subject to hydrolysis) is 2. The van der Waals surface area contributed by atoms with Gasteiger partial charge >= 0.3 is 12.2 Å². The van der Waals surface area contributed by atoms with Crippen LogP contribution in [-0.4, -0.2) is 126 Å².